The second kappa shape index (κ2) is 4.03. The molecule has 1 heteroatoms. The molecule has 2 aliphatic carbocycles. The number of hydrogen-bond donors (Lipinski definition) is 1. The molecule has 0 aliphatic heterocycles. The molecule has 90 valence electrons. The maximum absolute atomic E-state index is 10.5. The van der Waals surface area contributed by atoms with Gasteiger partial charge in [0.1, 0.15) is 0 Å². The Labute approximate surface area is 99.3 Å². The van der Waals surface area contributed by atoms with Gasteiger partial charge in [-0.2, -0.15) is 0 Å². The highest BCUT2D eigenvalue weighted by atomic mass is 16.3. The Balaban J connectivity index is 2.31. The SMILES string of the molecule is C=C(C)[C@@H]1CC[C@](C)(O)[C@@H]2CCC(C)=C[C@H]21. The first-order valence-corrected chi connectivity index (χ1v) is 6.47. The molecule has 2 aliphatic rings. The van der Waals surface area contributed by atoms with E-state index in [0.29, 0.717) is 17.8 Å². The molecule has 0 aromatic rings. The lowest BCUT2D eigenvalue weighted by Crippen LogP contribution is -2.47. The van der Waals surface area contributed by atoms with Crippen molar-refractivity contribution in [2.45, 2.75) is 52.1 Å². The van der Waals surface area contributed by atoms with Crippen molar-refractivity contribution in [1.29, 1.82) is 0 Å². The van der Waals surface area contributed by atoms with Crippen LogP contribution in [0.3, 0.4) is 0 Å². The number of rotatable bonds is 1. The van der Waals surface area contributed by atoms with Crippen LogP contribution in [0.5, 0.6) is 0 Å². The summed E-state index contributed by atoms with van der Waals surface area (Å²) in [5.41, 5.74) is 2.31. The Kier molecular flexibility index (Phi) is 3.00. The van der Waals surface area contributed by atoms with E-state index in [2.05, 4.69) is 26.5 Å². The van der Waals surface area contributed by atoms with Crippen molar-refractivity contribution in [2.24, 2.45) is 17.8 Å². The Morgan fingerprint density at radius 2 is 2.19 bits per heavy atom. The molecule has 0 bridgehead atoms. The van der Waals surface area contributed by atoms with Gasteiger partial charge >= 0.3 is 0 Å². The summed E-state index contributed by atoms with van der Waals surface area (Å²) in [5.74, 6) is 1.54. The van der Waals surface area contributed by atoms with Crippen LogP contribution >= 0.6 is 0 Å². The molecule has 0 saturated heterocycles. The van der Waals surface area contributed by atoms with Crippen LogP contribution in [0.4, 0.5) is 0 Å². The lowest BCUT2D eigenvalue weighted by molar-refractivity contribution is -0.0680. The van der Waals surface area contributed by atoms with Gasteiger partial charge in [-0.25, -0.2) is 0 Å². The second-order valence-corrected chi connectivity index (χ2v) is 6.08. The summed E-state index contributed by atoms with van der Waals surface area (Å²) in [6.45, 7) is 10.5. The molecule has 2 rings (SSSR count). The monoisotopic (exact) mass is 220 g/mol. The summed E-state index contributed by atoms with van der Waals surface area (Å²) in [6.07, 6.45) is 6.72. The summed E-state index contributed by atoms with van der Waals surface area (Å²) in [6, 6.07) is 0. The largest absolute Gasteiger partial charge is 0.390 e. The predicted molar refractivity (Wildman–Crippen MR) is 68.1 cm³/mol. The van der Waals surface area contributed by atoms with Crippen LogP contribution in [-0.2, 0) is 0 Å². The first-order chi connectivity index (χ1) is 7.42. The minimum atomic E-state index is -0.464. The van der Waals surface area contributed by atoms with Gasteiger partial charge in [-0.1, -0.05) is 23.8 Å². The normalized spacial score (nSPS) is 43.5. The van der Waals surface area contributed by atoms with Gasteiger partial charge in [0.2, 0.25) is 0 Å². The third-order valence-corrected chi connectivity index (χ3v) is 4.65. The van der Waals surface area contributed by atoms with Crippen LogP contribution in [0.2, 0.25) is 0 Å². The lowest BCUT2D eigenvalue weighted by atomic mass is 9.59. The maximum Gasteiger partial charge on any atom is 0.0654 e. The van der Waals surface area contributed by atoms with Gasteiger partial charge in [0, 0.05) is 0 Å². The molecule has 0 heterocycles. The highest BCUT2D eigenvalue weighted by Gasteiger charge is 2.45. The molecular weight excluding hydrogens is 196 g/mol. The molecule has 0 aromatic heterocycles. The van der Waals surface area contributed by atoms with Gasteiger partial charge in [0.15, 0.2) is 0 Å². The summed E-state index contributed by atoms with van der Waals surface area (Å²) in [7, 11) is 0. The van der Waals surface area contributed by atoms with Gasteiger partial charge in [-0.05, 0) is 64.2 Å². The summed E-state index contributed by atoms with van der Waals surface area (Å²) in [5, 5.41) is 10.5. The topological polar surface area (TPSA) is 20.2 Å². The summed E-state index contributed by atoms with van der Waals surface area (Å²) >= 11 is 0. The van der Waals surface area contributed by atoms with Gasteiger partial charge in [0.05, 0.1) is 5.60 Å². The molecule has 0 amide bonds. The van der Waals surface area contributed by atoms with Crippen molar-refractivity contribution in [3.8, 4) is 0 Å². The number of fused-ring (bicyclic) bond motifs is 1. The van der Waals surface area contributed by atoms with E-state index >= 15 is 0 Å². The van der Waals surface area contributed by atoms with Crippen molar-refractivity contribution < 1.29 is 5.11 Å². The first-order valence-electron chi connectivity index (χ1n) is 6.47. The zero-order chi connectivity index (χ0) is 11.9. The van der Waals surface area contributed by atoms with Gasteiger partial charge in [0.25, 0.3) is 0 Å². The molecule has 1 N–H and O–H groups in total. The lowest BCUT2D eigenvalue weighted by Gasteiger charge is -2.48. The molecule has 0 unspecified atom stereocenters. The molecule has 0 aromatic carbocycles. The van der Waals surface area contributed by atoms with Crippen LogP contribution in [0, 0.1) is 17.8 Å². The maximum atomic E-state index is 10.5. The van der Waals surface area contributed by atoms with Crippen molar-refractivity contribution >= 4 is 0 Å². The minimum Gasteiger partial charge on any atom is -0.390 e. The fourth-order valence-corrected chi connectivity index (χ4v) is 3.63. The molecular formula is C15H24O. The Bertz CT molecular complexity index is 324. The molecule has 16 heavy (non-hydrogen) atoms. The van der Waals surface area contributed by atoms with Crippen LogP contribution in [0.15, 0.2) is 23.8 Å². The van der Waals surface area contributed by atoms with Gasteiger partial charge in [-0.15, -0.1) is 0 Å². The van der Waals surface area contributed by atoms with Crippen molar-refractivity contribution in [1.82, 2.24) is 0 Å². The van der Waals surface area contributed by atoms with Crippen LogP contribution in [0.25, 0.3) is 0 Å². The highest BCUT2D eigenvalue weighted by Crippen LogP contribution is 2.49. The van der Waals surface area contributed by atoms with Gasteiger partial charge in [-0.3, -0.25) is 0 Å². The van der Waals surface area contributed by atoms with Crippen molar-refractivity contribution in [3.63, 3.8) is 0 Å². The van der Waals surface area contributed by atoms with Crippen LogP contribution in [-0.4, -0.2) is 10.7 Å². The fourth-order valence-electron chi connectivity index (χ4n) is 3.63. The standard InChI is InChI=1S/C15H24O/c1-10(2)12-7-8-15(4,16)14-6-5-11(3)9-13(12)14/h9,12-14,16H,1,5-8H2,2-4H3/t12-,13-,14+,15-/m0/s1. The zero-order valence-corrected chi connectivity index (χ0v) is 10.8. The molecule has 0 spiro atoms. The molecule has 1 nitrogen and oxygen atoms in total. The Morgan fingerprint density at radius 1 is 1.50 bits per heavy atom. The molecule has 1 saturated carbocycles. The number of hydrogen-bond acceptors (Lipinski definition) is 1. The average Bonchev–Trinajstić information content (AvgIpc) is 2.16. The first kappa shape index (κ1) is 11.9. The third-order valence-electron chi connectivity index (χ3n) is 4.65. The van der Waals surface area contributed by atoms with Crippen molar-refractivity contribution in [2.75, 3.05) is 0 Å². The molecule has 4 atom stereocenters. The third kappa shape index (κ3) is 1.98. The van der Waals surface area contributed by atoms with E-state index < -0.39 is 5.60 Å². The second-order valence-electron chi connectivity index (χ2n) is 6.08. The fraction of sp³-hybridized carbons (Fsp3) is 0.733. The van der Waals surface area contributed by atoms with Crippen LogP contribution < -0.4 is 0 Å². The van der Waals surface area contributed by atoms with E-state index in [-0.39, 0.29) is 0 Å². The summed E-state index contributed by atoms with van der Waals surface area (Å²) in [4.78, 5) is 0. The minimum absolute atomic E-state index is 0.437. The Morgan fingerprint density at radius 3 is 2.81 bits per heavy atom. The summed E-state index contributed by atoms with van der Waals surface area (Å²) < 4.78 is 0. The smallest absolute Gasteiger partial charge is 0.0654 e. The molecule has 1 fully saturated rings. The Hall–Kier alpha value is -0.560. The zero-order valence-electron chi connectivity index (χ0n) is 10.8. The van der Waals surface area contributed by atoms with E-state index in [1.807, 2.05) is 6.92 Å². The number of allylic oxidation sites excluding steroid dienone is 3. The van der Waals surface area contributed by atoms with Gasteiger partial charge < -0.3 is 5.11 Å². The van der Waals surface area contributed by atoms with Crippen molar-refractivity contribution in [3.05, 3.63) is 23.8 Å². The average molecular weight is 220 g/mol. The molecule has 0 radical (unpaired) electrons. The van der Waals surface area contributed by atoms with Crippen LogP contribution in [0.1, 0.15) is 46.5 Å². The van der Waals surface area contributed by atoms with E-state index in [1.165, 1.54) is 11.1 Å². The quantitative estimate of drug-likeness (QED) is 0.668. The van der Waals surface area contributed by atoms with E-state index in [9.17, 15) is 5.11 Å². The van der Waals surface area contributed by atoms with E-state index in [1.54, 1.807) is 0 Å². The van der Waals surface area contributed by atoms with E-state index in [0.717, 1.165) is 25.7 Å². The number of aliphatic hydroxyl groups is 1. The predicted octanol–water partition coefficient (Wildman–Crippen LogP) is 3.70. The highest BCUT2D eigenvalue weighted by molar-refractivity contribution is 5.18. The van der Waals surface area contributed by atoms with E-state index in [4.69, 9.17) is 0 Å².